The van der Waals surface area contributed by atoms with E-state index < -0.39 is 11.8 Å². The van der Waals surface area contributed by atoms with Crippen molar-refractivity contribution in [2.75, 3.05) is 6.61 Å². The molecule has 0 radical (unpaired) electrons. The third-order valence-electron chi connectivity index (χ3n) is 3.90. The van der Waals surface area contributed by atoms with E-state index >= 15 is 0 Å². The van der Waals surface area contributed by atoms with Gasteiger partial charge in [-0.3, -0.25) is 25.8 Å². The maximum Gasteiger partial charge on any atom is 0.269 e. The quantitative estimate of drug-likeness (QED) is 0.356. The molecule has 8 heteroatoms. The summed E-state index contributed by atoms with van der Waals surface area (Å²) in [6, 6.07) is 12.4. The van der Waals surface area contributed by atoms with Crippen molar-refractivity contribution in [3.8, 4) is 5.75 Å². The van der Waals surface area contributed by atoms with Crippen LogP contribution in [-0.4, -0.2) is 23.5 Å². The van der Waals surface area contributed by atoms with E-state index in [2.05, 4.69) is 30.0 Å². The SMILES string of the molecule is CC(C)CCOc1ccc(C(=O)NNC(=S)NC(=O)C=Cc2ccc(F)cc2)cc1. The minimum Gasteiger partial charge on any atom is -0.494 e. The van der Waals surface area contributed by atoms with E-state index in [1.165, 1.54) is 36.4 Å². The molecule has 2 aromatic rings. The fraction of sp³-hybridized carbons (Fsp3) is 0.227. The van der Waals surface area contributed by atoms with Crippen molar-refractivity contribution in [2.24, 2.45) is 5.92 Å². The highest BCUT2D eigenvalue weighted by atomic mass is 32.1. The summed E-state index contributed by atoms with van der Waals surface area (Å²) in [7, 11) is 0. The summed E-state index contributed by atoms with van der Waals surface area (Å²) in [5, 5.41) is 2.33. The number of hydrogen-bond donors (Lipinski definition) is 3. The summed E-state index contributed by atoms with van der Waals surface area (Å²) in [5.74, 6) is -0.0121. The van der Waals surface area contributed by atoms with Crippen LogP contribution in [0.5, 0.6) is 5.75 Å². The van der Waals surface area contributed by atoms with Crippen LogP contribution in [-0.2, 0) is 4.79 Å². The molecule has 2 amide bonds. The molecule has 0 saturated carbocycles. The lowest BCUT2D eigenvalue weighted by Crippen LogP contribution is -2.48. The van der Waals surface area contributed by atoms with Gasteiger partial charge in [-0.25, -0.2) is 4.39 Å². The van der Waals surface area contributed by atoms with Gasteiger partial charge in [-0.15, -0.1) is 0 Å². The van der Waals surface area contributed by atoms with Crippen LogP contribution >= 0.6 is 12.2 Å². The largest absolute Gasteiger partial charge is 0.494 e. The number of ether oxygens (including phenoxy) is 1. The molecule has 2 aromatic carbocycles. The van der Waals surface area contributed by atoms with Gasteiger partial charge in [0.15, 0.2) is 5.11 Å². The lowest BCUT2D eigenvalue weighted by molar-refractivity contribution is -0.115. The molecule has 0 unspecified atom stereocenters. The summed E-state index contributed by atoms with van der Waals surface area (Å²) >= 11 is 4.97. The molecular weight excluding hydrogens is 405 g/mol. The first-order valence-electron chi connectivity index (χ1n) is 9.41. The topological polar surface area (TPSA) is 79.5 Å². The second kappa shape index (κ2) is 11.7. The highest BCUT2D eigenvalue weighted by molar-refractivity contribution is 7.80. The third-order valence-corrected chi connectivity index (χ3v) is 4.11. The third kappa shape index (κ3) is 8.40. The number of rotatable bonds is 7. The molecule has 3 N–H and O–H groups in total. The van der Waals surface area contributed by atoms with Gasteiger partial charge in [0.1, 0.15) is 11.6 Å². The summed E-state index contributed by atoms with van der Waals surface area (Å²) < 4.78 is 18.5. The Kier molecular flexibility index (Phi) is 8.96. The molecule has 158 valence electrons. The minimum absolute atomic E-state index is 0.0641. The van der Waals surface area contributed by atoms with Gasteiger partial charge in [0.2, 0.25) is 5.91 Å². The highest BCUT2D eigenvalue weighted by Crippen LogP contribution is 2.13. The Balaban J connectivity index is 1.74. The number of nitrogens with one attached hydrogen (secondary N) is 3. The van der Waals surface area contributed by atoms with Crippen LogP contribution in [0.15, 0.2) is 54.6 Å². The average molecular weight is 430 g/mol. The lowest BCUT2D eigenvalue weighted by Gasteiger charge is -2.11. The van der Waals surface area contributed by atoms with E-state index in [9.17, 15) is 14.0 Å². The zero-order valence-corrected chi connectivity index (χ0v) is 17.6. The van der Waals surface area contributed by atoms with E-state index in [0.717, 1.165) is 6.42 Å². The van der Waals surface area contributed by atoms with E-state index in [4.69, 9.17) is 17.0 Å². The molecule has 6 nitrogen and oxygen atoms in total. The second-order valence-corrected chi connectivity index (χ2v) is 7.25. The molecule has 0 atom stereocenters. The van der Waals surface area contributed by atoms with Gasteiger partial charge in [-0.2, -0.15) is 0 Å². The molecule has 0 aliphatic rings. The molecule has 0 spiro atoms. The number of halogens is 1. The van der Waals surface area contributed by atoms with Crippen molar-refractivity contribution in [1.82, 2.24) is 16.2 Å². The smallest absolute Gasteiger partial charge is 0.269 e. The van der Waals surface area contributed by atoms with Gasteiger partial charge >= 0.3 is 0 Å². The van der Waals surface area contributed by atoms with Gasteiger partial charge < -0.3 is 4.74 Å². The van der Waals surface area contributed by atoms with Crippen LogP contribution in [0.1, 0.15) is 36.2 Å². The lowest BCUT2D eigenvalue weighted by atomic mass is 10.1. The number of thiocarbonyl (C=S) groups is 1. The monoisotopic (exact) mass is 429 g/mol. The number of carbonyl (C=O) groups is 2. The zero-order chi connectivity index (χ0) is 21.9. The van der Waals surface area contributed by atoms with Gasteiger partial charge in [0.05, 0.1) is 6.61 Å². The molecule has 2 rings (SSSR count). The van der Waals surface area contributed by atoms with Gasteiger partial charge in [0, 0.05) is 11.6 Å². The first-order chi connectivity index (χ1) is 14.3. The predicted octanol–water partition coefficient (Wildman–Crippen LogP) is 3.60. The van der Waals surface area contributed by atoms with E-state index in [-0.39, 0.29) is 10.9 Å². The Bertz CT molecular complexity index is 897. The zero-order valence-electron chi connectivity index (χ0n) is 16.8. The second-order valence-electron chi connectivity index (χ2n) is 6.84. The van der Waals surface area contributed by atoms with Crippen LogP contribution in [0.2, 0.25) is 0 Å². The van der Waals surface area contributed by atoms with Gasteiger partial charge in [-0.05, 0) is 72.6 Å². The average Bonchev–Trinajstić information content (AvgIpc) is 2.72. The molecular formula is C22H24FN3O3S. The number of benzene rings is 2. The summed E-state index contributed by atoms with van der Waals surface area (Å²) in [6.45, 7) is 4.87. The van der Waals surface area contributed by atoms with Crippen molar-refractivity contribution in [3.63, 3.8) is 0 Å². The molecule has 0 saturated heterocycles. The van der Waals surface area contributed by atoms with E-state index in [0.29, 0.717) is 29.4 Å². The minimum atomic E-state index is -0.492. The van der Waals surface area contributed by atoms with Crippen LogP contribution in [0.4, 0.5) is 4.39 Å². The molecule has 0 heterocycles. The summed E-state index contributed by atoms with van der Waals surface area (Å²) in [5.41, 5.74) is 5.94. The first-order valence-corrected chi connectivity index (χ1v) is 9.82. The van der Waals surface area contributed by atoms with Crippen molar-refractivity contribution in [2.45, 2.75) is 20.3 Å². The molecule has 0 aliphatic carbocycles. The van der Waals surface area contributed by atoms with Crippen molar-refractivity contribution >= 4 is 35.2 Å². The van der Waals surface area contributed by atoms with Gasteiger partial charge in [-0.1, -0.05) is 26.0 Å². The summed E-state index contributed by atoms with van der Waals surface area (Å²) in [4.78, 5) is 24.0. The standard InChI is InChI=1S/C22H24FN3O3S/c1-15(2)13-14-29-19-10-6-17(7-11-19)21(28)25-26-22(30)24-20(27)12-5-16-3-8-18(23)9-4-16/h3-12,15H,13-14H2,1-2H3,(H,25,28)(H2,24,26,27,30). The van der Waals surface area contributed by atoms with Crippen LogP contribution in [0, 0.1) is 11.7 Å². The van der Waals surface area contributed by atoms with Crippen molar-refractivity contribution in [3.05, 3.63) is 71.6 Å². The molecule has 0 aromatic heterocycles. The Morgan fingerprint density at radius 2 is 1.73 bits per heavy atom. The molecule has 30 heavy (non-hydrogen) atoms. The van der Waals surface area contributed by atoms with Crippen LogP contribution < -0.4 is 20.9 Å². The fourth-order valence-electron chi connectivity index (χ4n) is 2.23. The first kappa shape index (κ1) is 23.0. The van der Waals surface area contributed by atoms with E-state index in [1.54, 1.807) is 24.3 Å². The Labute approximate surface area is 180 Å². The summed E-state index contributed by atoms with van der Waals surface area (Å²) in [6.07, 6.45) is 3.72. The highest BCUT2D eigenvalue weighted by Gasteiger charge is 2.07. The maximum absolute atomic E-state index is 12.9. The van der Waals surface area contributed by atoms with Crippen LogP contribution in [0.25, 0.3) is 6.08 Å². The normalized spacial score (nSPS) is 10.7. The van der Waals surface area contributed by atoms with Gasteiger partial charge in [0.25, 0.3) is 5.91 Å². The maximum atomic E-state index is 12.9. The Hall–Kier alpha value is -3.26. The van der Waals surface area contributed by atoms with Crippen LogP contribution in [0.3, 0.4) is 0 Å². The fourth-order valence-corrected chi connectivity index (χ4v) is 2.38. The number of hydrogen-bond acceptors (Lipinski definition) is 4. The molecule has 0 aliphatic heterocycles. The van der Waals surface area contributed by atoms with E-state index in [1.807, 2.05) is 0 Å². The molecule has 0 fully saturated rings. The van der Waals surface area contributed by atoms with Crippen molar-refractivity contribution in [1.29, 1.82) is 0 Å². The number of amides is 2. The number of hydrazine groups is 1. The number of carbonyl (C=O) groups excluding carboxylic acids is 2. The van der Waals surface area contributed by atoms with Crippen molar-refractivity contribution < 1.29 is 18.7 Å². The molecule has 0 bridgehead atoms. The Morgan fingerprint density at radius 3 is 2.37 bits per heavy atom. The Morgan fingerprint density at radius 1 is 1.07 bits per heavy atom. The predicted molar refractivity (Wildman–Crippen MR) is 118 cm³/mol.